The quantitative estimate of drug-likeness (QED) is 0.682. The number of hydrogen-bond acceptors (Lipinski definition) is 4. The molecular formula is C22H24N4O2. The minimum Gasteiger partial charge on any atom is -0.481 e. The van der Waals surface area contributed by atoms with Gasteiger partial charge in [-0.3, -0.25) is 4.79 Å². The number of rotatable bonds is 5. The number of fused-ring (bicyclic) bond motifs is 1. The number of aromatic nitrogens is 2. The number of pyridine rings is 1. The summed E-state index contributed by atoms with van der Waals surface area (Å²) in [5.41, 5.74) is 3.85. The van der Waals surface area contributed by atoms with Crippen LogP contribution in [0, 0.1) is 5.41 Å². The first-order chi connectivity index (χ1) is 13.5. The molecule has 4 rings (SSSR count). The highest BCUT2D eigenvalue weighted by molar-refractivity contribution is 6.21. The summed E-state index contributed by atoms with van der Waals surface area (Å²) in [4.78, 5) is 13.1. The van der Waals surface area contributed by atoms with Crippen LogP contribution in [0.4, 0.5) is 0 Å². The summed E-state index contributed by atoms with van der Waals surface area (Å²) in [5, 5.41) is 10.9. The maximum absolute atomic E-state index is 13.1. The summed E-state index contributed by atoms with van der Waals surface area (Å²) in [7, 11) is 1.63. The van der Waals surface area contributed by atoms with Gasteiger partial charge in [-0.1, -0.05) is 37.3 Å². The van der Waals surface area contributed by atoms with Gasteiger partial charge in [0.25, 0.3) is 5.91 Å². The van der Waals surface area contributed by atoms with Crippen molar-refractivity contribution in [2.45, 2.75) is 33.7 Å². The molecule has 0 saturated carbocycles. The Morgan fingerprint density at radius 2 is 1.86 bits per heavy atom. The van der Waals surface area contributed by atoms with Crippen molar-refractivity contribution in [3.63, 3.8) is 0 Å². The Morgan fingerprint density at radius 3 is 2.54 bits per heavy atom. The van der Waals surface area contributed by atoms with Crippen molar-refractivity contribution in [1.29, 1.82) is 0 Å². The van der Waals surface area contributed by atoms with Crippen molar-refractivity contribution in [2.24, 2.45) is 10.5 Å². The highest BCUT2D eigenvalue weighted by Gasteiger charge is 2.44. The van der Waals surface area contributed by atoms with E-state index in [1.54, 1.807) is 16.6 Å². The normalized spacial score (nSPS) is 15.9. The van der Waals surface area contributed by atoms with Gasteiger partial charge in [-0.05, 0) is 38.0 Å². The zero-order valence-electron chi connectivity index (χ0n) is 16.6. The third-order valence-electron chi connectivity index (χ3n) is 5.22. The number of aryl methyl sites for hydroxylation is 1. The van der Waals surface area contributed by atoms with Crippen LogP contribution in [0.25, 0.3) is 5.52 Å². The second-order valence-corrected chi connectivity index (χ2v) is 7.50. The maximum Gasteiger partial charge on any atom is 0.254 e. The molecule has 2 aromatic heterocycles. The van der Waals surface area contributed by atoms with Crippen LogP contribution in [-0.2, 0) is 17.8 Å². The van der Waals surface area contributed by atoms with E-state index < -0.39 is 5.41 Å². The molecule has 3 heterocycles. The lowest BCUT2D eigenvalue weighted by Gasteiger charge is -2.20. The van der Waals surface area contributed by atoms with Crippen LogP contribution in [0.3, 0.4) is 0 Å². The number of ether oxygens (including phenoxy) is 1. The summed E-state index contributed by atoms with van der Waals surface area (Å²) in [6, 6.07) is 15.8. The largest absolute Gasteiger partial charge is 0.481 e. The molecule has 28 heavy (non-hydrogen) atoms. The molecule has 0 fully saturated rings. The molecule has 1 aliphatic heterocycles. The minimum absolute atomic E-state index is 0.00412. The number of benzene rings is 1. The summed E-state index contributed by atoms with van der Waals surface area (Å²) in [5.74, 6) is 0.651. The second-order valence-electron chi connectivity index (χ2n) is 7.50. The monoisotopic (exact) mass is 376 g/mol. The highest BCUT2D eigenvalue weighted by Crippen LogP contribution is 2.35. The molecule has 0 unspecified atom stereocenters. The lowest BCUT2D eigenvalue weighted by molar-refractivity contribution is -0.135. The van der Waals surface area contributed by atoms with Crippen LogP contribution in [0.5, 0.6) is 5.88 Å². The SMILES string of the molecule is CCc1cc2c(C3=NN(Cc4ccccc4)C(=O)C3(C)C)ccc(OC)n2n1. The van der Waals surface area contributed by atoms with E-state index in [1.165, 1.54) is 0 Å². The second kappa shape index (κ2) is 6.78. The summed E-state index contributed by atoms with van der Waals surface area (Å²) in [6.45, 7) is 6.38. The molecule has 3 aromatic rings. The van der Waals surface area contributed by atoms with Gasteiger partial charge in [0.05, 0.1) is 36.0 Å². The van der Waals surface area contributed by atoms with E-state index in [1.807, 2.05) is 62.4 Å². The molecule has 0 spiro atoms. The van der Waals surface area contributed by atoms with Crippen molar-refractivity contribution in [1.82, 2.24) is 14.6 Å². The van der Waals surface area contributed by atoms with E-state index in [4.69, 9.17) is 9.84 Å². The van der Waals surface area contributed by atoms with E-state index in [0.29, 0.717) is 12.4 Å². The summed E-state index contributed by atoms with van der Waals surface area (Å²) >= 11 is 0. The number of hydrogen-bond donors (Lipinski definition) is 0. The number of hydrazone groups is 1. The minimum atomic E-state index is -0.722. The number of nitrogens with zero attached hydrogens (tertiary/aromatic N) is 4. The lowest BCUT2D eigenvalue weighted by atomic mass is 9.83. The zero-order valence-corrected chi connectivity index (χ0v) is 16.6. The van der Waals surface area contributed by atoms with Crippen LogP contribution in [-0.4, -0.2) is 33.4 Å². The fourth-order valence-corrected chi connectivity index (χ4v) is 3.60. The van der Waals surface area contributed by atoms with E-state index in [-0.39, 0.29) is 5.91 Å². The third-order valence-corrected chi connectivity index (χ3v) is 5.22. The van der Waals surface area contributed by atoms with Gasteiger partial charge < -0.3 is 4.74 Å². The van der Waals surface area contributed by atoms with Gasteiger partial charge in [-0.2, -0.15) is 10.2 Å². The fraction of sp³-hybridized carbons (Fsp3) is 0.318. The molecule has 1 aromatic carbocycles. The first kappa shape index (κ1) is 18.2. The molecule has 1 aliphatic rings. The molecule has 0 atom stereocenters. The molecule has 6 nitrogen and oxygen atoms in total. The van der Waals surface area contributed by atoms with E-state index in [0.717, 1.165) is 34.5 Å². The Kier molecular flexibility index (Phi) is 4.41. The Morgan fingerprint density at radius 1 is 1.11 bits per heavy atom. The molecule has 0 aliphatic carbocycles. The zero-order chi connectivity index (χ0) is 19.9. The van der Waals surface area contributed by atoms with Crippen LogP contribution in [0.1, 0.15) is 37.6 Å². The topological polar surface area (TPSA) is 59.2 Å². The maximum atomic E-state index is 13.1. The van der Waals surface area contributed by atoms with Crippen molar-refractivity contribution in [3.8, 4) is 5.88 Å². The Balaban J connectivity index is 1.82. The van der Waals surface area contributed by atoms with E-state index in [2.05, 4.69) is 12.0 Å². The number of carbonyl (C=O) groups is 1. The van der Waals surface area contributed by atoms with Crippen molar-refractivity contribution in [2.75, 3.05) is 7.11 Å². The fourth-order valence-electron chi connectivity index (χ4n) is 3.60. The molecule has 0 bridgehead atoms. The molecule has 0 saturated heterocycles. The molecule has 0 radical (unpaired) electrons. The van der Waals surface area contributed by atoms with Crippen molar-refractivity contribution in [3.05, 3.63) is 65.4 Å². The Hall–Kier alpha value is -3.15. The van der Waals surface area contributed by atoms with Gasteiger partial charge in [-0.15, -0.1) is 0 Å². The van der Waals surface area contributed by atoms with Crippen LogP contribution in [0.2, 0.25) is 0 Å². The van der Waals surface area contributed by atoms with Crippen molar-refractivity contribution < 1.29 is 9.53 Å². The van der Waals surface area contributed by atoms with E-state index >= 15 is 0 Å². The predicted octanol–water partition coefficient (Wildman–Crippen LogP) is 3.68. The Labute approximate surface area is 164 Å². The Bertz CT molecular complexity index is 1070. The third kappa shape index (κ3) is 2.85. The standard InChI is InChI=1S/C22H24N4O2/c1-5-16-13-18-17(11-12-19(28-4)26(18)23-16)20-22(2,3)21(27)25(24-20)14-15-9-7-6-8-10-15/h6-13H,5,14H2,1-4H3. The first-order valence-corrected chi connectivity index (χ1v) is 9.46. The first-order valence-electron chi connectivity index (χ1n) is 9.46. The molecule has 6 heteroatoms. The average molecular weight is 376 g/mol. The molecule has 144 valence electrons. The van der Waals surface area contributed by atoms with Crippen LogP contribution < -0.4 is 4.74 Å². The van der Waals surface area contributed by atoms with Gasteiger partial charge >= 0.3 is 0 Å². The smallest absolute Gasteiger partial charge is 0.254 e. The highest BCUT2D eigenvalue weighted by atomic mass is 16.5. The van der Waals surface area contributed by atoms with Gasteiger partial charge in [0.2, 0.25) is 5.88 Å². The molecule has 0 N–H and O–H groups in total. The number of methoxy groups -OCH3 is 1. The van der Waals surface area contributed by atoms with Crippen molar-refractivity contribution >= 4 is 17.1 Å². The van der Waals surface area contributed by atoms with E-state index in [9.17, 15) is 4.79 Å². The molecule has 1 amide bonds. The van der Waals surface area contributed by atoms with Gasteiger partial charge in [0.15, 0.2) is 0 Å². The summed E-state index contributed by atoms with van der Waals surface area (Å²) in [6.07, 6.45) is 0.819. The lowest BCUT2D eigenvalue weighted by Crippen LogP contribution is -2.34. The number of carbonyl (C=O) groups excluding carboxylic acids is 1. The molecular weight excluding hydrogens is 352 g/mol. The van der Waals surface area contributed by atoms with Gasteiger partial charge in [0.1, 0.15) is 0 Å². The van der Waals surface area contributed by atoms with Gasteiger partial charge in [0, 0.05) is 11.6 Å². The average Bonchev–Trinajstić information content (AvgIpc) is 3.23. The number of amides is 1. The van der Waals surface area contributed by atoms with Gasteiger partial charge in [-0.25, -0.2) is 9.52 Å². The van der Waals surface area contributed by atoms with Crippen LogP contribution in [0.15, 0.2) is 53.6 Å². The summed E-state index contributed by atoms with van der Waals surface area (Å²) < 4.78 is 7.25. The predicted molar refractivity (Wildman–Crippen MR) is 108 cm³/mol. The van der Waals surface area contributed by atoms with Crippen LogP contribution >= 0.6 is 0 Å².